The fourth-order valence-electron chi connectivity index (χ4n) is 4.28. The number of rotatable bonds is 7. The Bertz CT molecular complexity index is 1100. The molecule has 2 aliphatic rings. The minimum Gasteiger partial charge on any atom is -0.360 e. The first-order chi connectivity index (χ1) is 15.2. The van der Waals surface area contributed by atoms with Gasteiger partial charge in [0.15, 0.2) is 5.78 Å². The third-order valence-corrected chi connectivity index (χ3v) is 6.45. The van der Waals surface area contributed by atoms with Crippen LogP contribution in [0.5, 0.6) is 0 Å². The Morgan fingerprint density at radius 3 is 2.84 bits per heavy atom. The number of carbonyl (C=O) groups excluding carboxylic acids is 1. The summed E-state index contributed by atoms with van der Waals surface area (Å²) in [5.74, 6) is 0.878. The van der Waals surface area contributed by atoms with Gasteiger partial charge in [-0.2, -0.15) is 0 Å². The number of Topliss-reactive ketones (excluding diaryl/α,β-unsaturated/α-hetero) is 1. The van der Waals surface area contributed by atoms with E-state index in [2.05, 4.69) is 36.1 Å². The van der Waals surface area contributed by atoms with Crippen molar-refractivity contribution < 1.29 is 9.53 Å². The number of benzene rings is 2. The first-order valence-corrected chi connectivity index (χ1v) is 11.6. The summed E-state index contributed by atoms with van der Waals surface area (Å²) in [5.41, 5.74) is 2.73. The fraction of sp³-hybridized carbons (Fsp3) is 0.375. The Morgan fingerprint density at radius 1 is 1.13 bits per heavy atom. The molecule has 1 N–H and O–H groups in total. The lowest BCUT2D eigenvalue weighted by molar-refractivity contribution is -0.119. The number of hydrogen-bond donors (Lipinski definition) is 1. The van der Waals surface area contributed by atoms with E-state index in [9.17, 15) is 4.79 Å². The first-order valence-electron chi connectivity index (χ1n) is 10.8. The third kappa shape index (κ3) is 4.95. The predicted octanol–water partition coefficient (Wildman–Crippen LogP) is 4.50. The molecule has 0 aliphatic carbocycles. The molecule has 0 saturated carbocycles. The maximum atomic E-state index is 12.8. The Labute approximate surface area is 190 Å². The summed E-state index contributed by atoms with van der Waals surface area (Å²) in [5, 5.41) is 4.26. The van der Waals surface area contributed by atoms with Gasteiger partial charge in [0.2, 0.25) is 0 Å². The zero-order valence-corrected chi connectivity index (χ0v) is 18.8. The lowest BCUT2D eigenvalue weighted by Crippen LogP contribution is -2.34. The lowest BCUT2D eigenvalue weighted by Gasteiger charge is -2.25. The van der Waals surface area contributed by atoms with Gasteiger partial charge in [-0.1, -0.05) is 34.5 Å². The van der Waals surface area contributed by atoms with Gasteiger partial charge in [-0.25, -0.2) is 9.97 Å². The van der Waals surface area contributed by atoms with E-state index in [1.807, 2.05) is 42.5 Å². The summed E-state index contributed by atoms with van der Waals surface area (Å²) >= 11 is 3.49. The number of nitrogens with zero attached hydrogens (tertiary/aromatic N) is 3. The molecule has 3 aromatic rings. The number of anilines is 2. The van der Waals surface area contributed by atoms with Crippen molar-refractivity contribution in [2.45, 2.75) is 37.9 Å². The fourth-order valence-corrected chi connectivity index (χ4v) is 4.68. The van der Waals surface area contributed by atoms with E-state index >= 15 is 0 Å². The molecule has 2 fully saturated rings. The molecular formula is C24H25BrN4O2. The number of fused-ring (bicyclic) bond motifs is 1. The maximum Gasteiger partial charge on any atom is 0.168 e. The van der Waals surface area contributed by atoms with Crippen LogP contribution in [0.25, 0.3) is 10.9 Å². The average Bonchev–Trinajstić information content (AvgIpc) is 3.54. The zero-order valence-electron chi connectivity index (χ0n) is 17.3. The van der Waals surface area contributed by atoms with E-state index in [0.717, 1.165) is 52.1 Å². The summed E-state index contributed by atoms with van der Waals surface area (Å²) < 4.78 is 6.71. The van der Waals surface area contributed by atoms with Gasteiger partial charge in [-0.05, 0) is 61.8 Å². The molecule has 2 atom stereocenters. The van der Waals surface area contributed by atoms with Crippen LogP contribution in [0.1, 0.15) is 24.8 Å². The summed E-state index contributed by atoms with van der Waals surface area (Å²) in [6.07, 6.45) is 5.53. The second-order valence-electron chi connectivity index (χ2n) is 8.31. The molecule has 2 unspecified atom stereocenters. The number of likely N-dealkylation sites (tertiary alicyclic amines) is 1. The van der Waals surface area contributed by atoms with Crippen LogP contribution in [0.2, 0.25) is 0 Å². The quantitative estimate of drug-likeness (QED) is 0.502. The van der Waals surface area contributed by atoms with E-state index in [1.54, 1.807) is 6.33 Å². The Balaban J connectivity index is 1.28. The summed E-state index contributed by atoms with van der Waals surface area (Å²) in [6.45, 7) is 3.13. The topological polar surface area (TPSA) is 70.6 Å². The van der Waals surface area contributed by atoms with Gasteiger partial charge in [0.25, 0.3) is 0 Å². The smallest absolute Gasteiger partial charge is 0.168 e. The second kappa shape index (κ2) is 9.02. The van der Waals surface area contributed by atoms with Crippen LogP contribution in [0.3, 0.4) is 0 Å². The van der Waals surface area contributed by atoms with E-state index in [4.69, 9.17) is 4.74 Å². The van der Waals surface area contributed by atoms with Crippen LogP contribution in [0, 0.1) is 0 Å². The minimum absolute atomic E-state index is 0.0585. The zero-order chi connectivity index (χ0) is 21.2. The molecule has 7 heteroatoms. The molecule has 0 amide bonds. The highest BCUT2D eigenvalue weighted by molar-refractivity contribution is 9.10. The van der Waals surface area contributed by atoms with Gasteiger partial charge in [-0.15, -0.1) is 0 Å². The van der Waals surface area contributed by atoms with Crippen LogP contribution in [-0.2, 0) is 16.0 Å². The number of ketones is 1. The minimum atomic E-state index is -0.260. The third-order valence-electron chi connectivity index (χ3n) is 5.95. The number of carbonyl (C=O) groups is 1. The molecule has 2 aliphatic heterocycles. The highest BCUT2D eigenvalue weighted by Crippen LogP contribution is 2.29. The van der Waals surface area contributed by atoms with E-state index in [-0.39, 0.29) is 18.0 Å². The normalized spacial score (nSPS) is 21.2. The largest absolute Gasteiger partial charge is 0.360 e. The lowest BCUT2D eigenvalue weighted by atomic mass is 10.0. The molecule has 1 aromatic heterocycles. The number of hydrogen-bond acceptors (Lipinski definition) is 6. The van der Waals surface area contributed by atoms with Crippen LogP contribution in [0.15, 0.2) is 53.3 Å². The molecule has 160 valence electrons. The Hall–Kier alpha value is -2.35. The number of piperidine rings is 1. The molecule has 6 nitrogen and oxygen atoms in total. The Morgan fingerprint density at radius 2 is 2.00 bits per heavy atom. The number of ether oxygens (including phenoxy) is 1. The number of nitrogens with one attached hydrogen (secondary N) is 1. The van der Waals surface area contributed by atoms with Gasteiger partial charge in [0.1, 0.15) is 24.4 Å². The van der Waals surface area contributed by atoms with Crippen molar-refractivity contribution in [3.8, 4) is 0 Å². The van der Waals surface area contributed by atoms with Crippen molar-refractivity contribution in [2.75, 3.05) is 25.0 Å². The molecule has 3 heterocycles. The van der Waals surface area contributed by atoms with E-state index in [1.165, 1.54) is 19.3 Å². The molecule has 2 saturated heterocycles. The predicted molar refractivity (Wildman–Crippen MR) is 125 cm³/mol. The van der Waals surface area contributed by atoms with Gasteiger partial charge in [0, 0.05) is 28.5 Å². The molecule has 0 spiro atoms. The molecule has 0 bridgehead atoms. The van der Waals surface area contributed by atoms with Crippen molar-refractivity contribution >= 4 is 44.1 Å². The highest BCUT2D eigenvalue weighted by Gasteiger charge is 2.45. The number of aromatic nitrogens is 2. The van der Waals surface area contributed by atoms with Crippen molar-refractivity contribution in [2.24, 2.45) is 0 Å². The van der Waals surface area contributed by atoms with Gasteiger partial charge in [0.05, 0.1) is 5.52 Å². The number of halogens is 1. The van der Waals surface area contributed by atoms with Crippen LogP contribution in [-0.4, -0.2) is 52.5 Å². The van der Waals surface area contributed by atoms with Gasteiger partial charge < -0.3 is 15.0 Å². The number of epoxide rings is 1. The van der Waals surface area contributed by atoms with Crippen molar-refractivity contribution in [1.82, 2.24) is 14.9 Å². The SMILES string of the molecule is O=C(Cc1ccc2ncnc(Nc3cccc(Br)c3)c2c1)C1OC1CN1CCCCC1. The van der Waals surface area contributed by atoms with Crippen molar-refractivity contribution in [1.29, 1.82) is 0 Å². The highest BCUT2D eigenvalue weighted by atomic mass is 79.9. The summed E-state index contributed by atoms with van der Waals surface area (Å²) in [4.78, 5) is 24.0. The van der Waals surface area contributed by atoms with Crippen LogP contribution in [0.4, 0.5) is 11.5 Å². The van der Waals surface area contributed by atoms with E-state index in [0.29, 0.717) is 6.42 Å². The molecule has 2 aromatic carbocycles. The summed E-state index contributed by atoms with van der Waals surface area (Å²) in [7, 11) is 0. The Kier molecular flexibility index (Phi) is 5.98. The molecular weight excluding hydrogens is 456 g/mol. The first kappa shape index (κ1) is 20.5. The second-order valence-corrected chi connectivity index (χ2v) is 9.22. The van der Waals surface area contributed by atoms with Crippen LogP contribution >= 0.6 is 15.9 Å². The van der Waals surface area contributed by atoms with Gasteiger partial charge >= 0.3 is 0 Å². The molecule has 5 rings (SSSR count). The van der Waals surface area contributed by atoms with Crippen molar-refractivity contribution in [3.63, 3.8) is 0 Å². The molecule has 0 radical (unpaired) electrons. The van der Waals surface area contributed by atoms with E-state index < -0.39 is 0 Å². The summed E-state index contributed by atoms with van der Waals surface area (Å²) in [6, 6.07) is 13.9. The van der Waals surface area contributed by atoms with Gasteiger partial charge in [-0.3, -0.25) is 4.79 Å². The maximum absolute atomic E-state index is 12.8. The monoisotopic (exact) mass is 480 g/mol. The standard InChI is InChI=1S/C24H25BrN4O2/c25-17-5-4-6-18(13-17)28-24-19-11-16(7-8-20(19)26-15-27-24)12-21(30)23-22(31-23)14-29-9-2-1-3-10-29/h4-8,11,13,15,22-23H,1-3,9-10,12,14H2,(H,26,27,28). The van der Waals surface area contributed by atoms with Crippen molar-refractivity contribution in [3.05, 3.63) is 58.8 Å². The van der Waals surface area contributed by atoms with Crippen LogP contribution < -0.4 is 5.32 Å². The molecule has 31 heavy (non-hydrogen) atoms. The average molecular weight is 481 g/mol.